The van der Waals surface area contributed by atoms with E-state index in [0.29, 0.717) is 11.3 Å². The summed E-state index contributed by atoms with van der Waals surface area (Å²) in [7, 11) is 1.36. The fraction of sp³-hybridized carbons (Fsp3) is 0.138. The van der Waals surface area contributed by atoms with Crippen LogP contribution in [0.2, 0.25) is 0 Å². The molecule has 0 amide bonds. The van der Waals surface area contributed by atoms with Crippen LogP contribution in [0.3, 0.4) is 0 Å². The molecule has 2 atom stereocenters. The normalized spacial score (nSPS) is 13.4. The maximum Gasteiger partial charge on any atom is 0.345 e. The molecule has 0 heterocycles. The second-order valence-electron chi connectivity index (χ2n) is 7.87. The molecule has 0 unspecified atom stereocenters. The van der Waals surface area contributed by atoms with E-state index in [4.69, 9.17) is 9.47 Å². The van der Waals surface area contributed by atoms with E-state index >= 15 is 0 Å². The molecule has 4 rings (SSSR count). The van der Waals surface area contributed by atoms with Gasteiger partial charge in [-0.3, -0.25) is 0 Å². The number of hydrogen-bond donors (Lipinski definition) is 2. The molecule has 0 spiro atoms. The maximum atomic E-state index is 13.7. The standard InChI is InChI=1S/C29H27NO4/c1-33-28(32)29(24-17-9-4-10-18-24,34-21-22-13-5-2-6-14-22)27(23-15-7-3-8-16-23)30-25-19-11-12-20-26(25)31/h2-20,27,30-31H,21H2,1H3/t27-,29-/m0/s1. The third-order valence-electron chi connectivity index (χ3n) is 5.74. The number of esters is 1. The molecule has 0 saturated heterocycles. The molecule has 0 fully saturated rings. The van der Waals surface area contributed by atoms with E-state index in [-0.39, 0.29) is 12.4 Å². The number of carbonyl (C=O) groups excluding carboxylic acids is 1. The smallest absolute Gasteiger partial charge is 0.345 e. The van der Waals surface area contributed by atoms with Crippen LogP contribution in [0.15, 0.2) is 115 Å². The van der Waals surface area contributed by atoms with Crippen molar-refractivity contribution >= 4 is 11.7 Å². The number of aromatic hydroxyl groups is 1. The molecule has 172 valence electrons. The number of rotatable bonds is 9. The summed E-state index contributed by atoms with van der Waals surface area (Å²) in [5, 5.41) is 13.9. The molecule has 2 N–H and O–H groups in total. The van der Waals surface area contributed by atoms with Crippen molar-refractivity contribution in [3.8, 4) is 5.75 Å². The number of para-hydroxylation sites is 2. The number of phenolic OH excluding ortho intramolecular Hbond substituents is 1. The molecule has 0 bridgehead atoms. The third kappa shape index (κ3) is 4.80. The summed E-state index contributed by atoms with van der Waals surface area (Å²) in [4.78, 5) is 13.7. The van der Waals surface area contributed by atoms with Crippen molar-refractivity contribution in [1.82, 2.24) is 0 Å². The van der Waals surface area contributed by atoms with Crippen molar-refractivity contribution in [2.75, 3.05) is 12.4 Å². The topological polar surface area (TPSA) is 67.8 Å². The third-order valence-corrected chi connectivity index (χ3v) is 5.74. The number of phenols is 1. The van der Waals surface area contributed by atoms with Crippen molar-refractivity contribution in [3.63, 3.8) is 0 Å². The van der Waals surface area contributed by atoms with Gasteiger partial charge in [-0.2, -0.15) is 0 Å². The number of hydrogen-bond acceptors (Lipinski definition) is 5. The zero-order valence-corrected chi connectivity index (χ0v) is 18.9. The van der Waals surface area contributed by atoms with E-state index in [1.165, 1.54) is 7.11 Å². The summed E-state index contributed by atoms with van der Waals surface area (Å²) in [6.07, 6.45) is 0. The van der Waals surface area contributed by atoms with Crippen molar-refractivity contribution in [1.29, 1.82) is 0 Å². The van der Waals surface area contributed by atoms with Crippen LogP contribution in [0.4, 0.5) is 5.69 Å². The van der Waals surface area contributed by atoms with E-state index in [1.54, 1.807) is 18.2 Å². The molecule has 5 nitrogen and oxygen atoms in total. The van der Waals surface area contributed by atoms with E-state index in [1.807, 2.05) is 97.1 Å². The Morgan fingerprint density at radius 2 is 1.38 bits per heavy atom. The minimum Gasteiger partial charge on any atom is -0.506 e. The maximum absolute atomic E-state index is 13.7. The molecule has 0 aliphatic carbocycles. The van der Waals surface area contributed by atoms with Crippen LogP contribution >= 0.6 is 0 Å². The fourth-order valence-electron chi connectivity index (χ4n) is 4.05. The van der Waals surface area contributed by atoms with Crippen molar-refractivity contribution in [2.24, 2.45) is 0 Å². The highest BCUT2D eigenvalue weighted by molar-refractivity contribution is 5.84. The van der Waals surface area contributed by atoms with Gasteiger partial charge in [0.05, 0.1) is 25.4 Å². The molecule has 5 heteroatoms. The van der Waals surface area contributed by atoms with Crippen LogP contribution in [-0.4, -0.2) is 18.2 Å². The lowest BCUT2D eigenvalue weighted by Crippen LogP contribution is -2.48. The highest BCUT2D eigenvalue weighted by Crippen LogP contribution is 2.44. The average Bonchev–Trinajstić information content (AvgIpc) is 2.90. The van der Waals surface area contributed by atoms with Crippen LogP contribution < -0.4 is 5.32 Å². The Morgan fingerprint density at radius 3 is 2.00 bits per heavy atom. The second-order valence-corrected chi connectivity index (χ2v) is 7.87. The number of carbonyl (C=O) groups is 1. The van der Waals surface area contributed by atoms with Gasteiger partial charge in [-0.1, -0.05) is 103 Å². The predicted molar refractivity (Wildman–Crippen MR) is 132 cm³/mol. The number of anilines is 1. The summed E-state index contributed by atoms with van der Waals surface area (Å²) in [5.74, 6) is -0.482. The van der Waals surface area contributed by atoms with Gasteiger partial charge in [0.15, 0.2) is 0 Å². The number of nitrogens with one attached hydrogen (secondary N) is 1. The lowest BCUT2D eigenvalue weighted by molar-refractivity contribution is -0.177. The second kappa shape index (κ2) is 10.7. The summed E-state index contributed by atoms with van der Waals surface area (Å²) in [6.45, 7) is 0.177. The Hall–Kier alpha value is -4.09. The van der Waals surface area contributed by atoms with Crippen LogP contribution in [-0.2, 0) is 26.5 Å². The van der Waals surface area contributed by atoms with Crippen molar-refractivity contribution in [2.45, 2.75) is 18.2 Å². The minimum atomic E-state index is -1.56. The summed E-state index contributed by atoms with van der Waals surface area (Å²) in [6, 6.07) is 34.7. The summed E-state index contributed by atoms with van der Waals surface area (Å²) < 4.78 is 11.9. The van der Waals surface area contributed by atoms with E-state index in [9.17, 15) is 9.90 Å². The van der Waals surface area contributed by atoms with Crippen molar-refractivity contribution in [3.05, 3.63) is 132 Å². The zero-order valence-electron chi connectivity index (χ0n) is 18.9. The van der Waals surface area contributed by atoms with E-state index in [2.05, 4.69) is 5.32 Å². The molecule has 0 aliphatic rings. The van der Waals surface area contributed by atoms with Gasteiger partial charge < -0.3 is 19.9 Å². The van der Waals surface area contributed by atoms with Gasteiger partial charge in [0.2, 0.25) is 5.60 Å². The van der Waals surface area contributed by atoms with Gasteiger partial charge in [0.25, 0.3) is 0 Å². The molecule has 34 heavy (non-hydrogen) atoms. The molecule has 0 aliphatic heterocycles. The molecule has 0 radical (unpaired) electrons. The van der Waals surface area contributed by atoms with E-state index < -0.39 is 17.6 Å². The molecule has 0 aromatic heterocycles. The minimum absolute atomic E-state index is 0.0679. The largest absolute Gasteiger partial charge is 0.506 e. The van der Waals surface area contributed by atoms with Crippen LogP contribution in [0.25, 0.3) is 0 Å². The molecule has 0 saturated carbocycles. The molecular weight excluding hydrogens is 426 g/mol. The zero-order chi connectivity index (χ0) is 23.8. The average molecular weight is 454 g/mol. The number of methoxy groups -OCH3 is 1. The van der Waals surface area contributed by atoms with Gasteiger partial charge in [-0.25, -0.2) is 4.79 Å². The first-order valence-electron chi connectivity index (χ1n) is 11.1. The number of ether oxygens (including phenoxy) is 2. The first-order valence-corrected chi connectivity index (χ1v) is 11.1. The van der Waals surface area contributed by atoms with E-state index in [0.717, 1.165) is 11.1 Å². The Morgan fingerprint density at radius 1 is 0.824 bits per heavy atom. The van der Waals surface area contributed by atoms with Crippen LogP contribution in [0.5, 0.6) is 5.75 Å². The number of benzene rings is 4. The Bertz CT molecular complexity index is 1200. The SMILES string of the molecule is COC(=O)[C@](OCc1ccccc1)(c1ccccc1)[C@@H](Nc1ccccc1O)c1ccccc1. The predicted octanol–water partition coefficient (Wildman–Crippen LogP) is 5.83. The quantitative estimate of drug-likeness (QED) is 0.247. The van der Waals surface area contributed by atoms with Gasteiger partial charge in [-0.15, -0.1) is 0 Å². The Kier molecular flexibility index (Phi) is 7.25. The monoisotopic (exact) mass is 453 g/mol. The van der Waals surface area contributed by atoms with Gasteiger partial charge in [0, 0.05) is 0 Å². The molecule has 4 aromatic carbocycles. The Labute approximate surface area is 199 Å². The molecule has 4 aromatic rings. The highest BCUT2D eigenvalue weighted by atomic mass is 16.6. The first kappa shape index (κ1) is 23.1. The highest BCUT2D eigenvalue weighted by Gasteiger charge is 2.51. The fourth-order valence-corrected chi connectivity index (χ4v) is 4.05. The summed E-state index contributed by atoms with van der Waals surface area (Å²) in [5.41, 5.74) is 1.27. The van der Waals surface area contributed by atoms with Crippen LogP contribution in [0, 0.1) is 0 Å². The summed E-state index contributed by atoms with van der Waals surface area (Å²) >= 11 is 0. The van der Waals surface area contributed by atoms with Gasteiger partial charge in [0.1, 0.15) is 5.75 Å². The lowest BCUT2D eigenvalue weighted by atomic mass is 9.81. The lowest BCUT2D eigenvalue weighted by Gasteiger charge is -2.39. The van der Waals surface area contributed by atoms with Gasteiger partial charge in [-0.05, 0) is 28.8 Å². The molecular formula is C29H27NO4. The Balaban J connectivity index is 1.91. The van der Waals surface area contributed by atoms with Crippen molar-refractivity contribution < 1.29 is 19.4 Å². The first-order chi connectivity index (χ1) is 16.6. The van der Waals surface area contributed by atoms with Gasteiger partial charge >= 0.3 is 5.97 Å². The van der Waals surface area contributed by atoms with Crippen LogP contribution in [0.1, 0.15) is 22.7 Å².